The third-order valence-electron chi connectivity index (χ3n) is 2.95. The number of hydrogen-bond donors (Lipinski definition) is 3. The van der Waals surface area contributed by atoms with Gasteiger partial charge in [-0.2, -0.15) is 5.26 Å². The summed E-state index contributed by atoms with van der Waals surface area (Å²) in [6, 6.07) is 2.21. The fourth-order valence-corrected chi connectivity index (χ4v) is 2.31. The van der Waals surface area contributed by atoms with Gasteiger partial charge in [0.2, 0.25) is 0 Å². The second-order valence-corrected chi connectivity index (χ2v) is 6.63. The van der Waals surface area contributed by atoms with Crippen LogP contribution in [0.1, 0.15) is 27.2 Å². The number of aliphatic hydroxyl groups is 1. The molecule has 4 N–H and O–H groups in total. The van der Waals surface area contributed by atoms with Gasteiger partial charge in [-0.15, -0.1) is 0 Å². The molecule has 2 unspecified atom stereocenters. The lowest BCUT2D eigenvalue weighted by atomic mass is 9.77. The maximum atomic E-state index is 10.3. The van der Waals surface area contributed by atoms with Gasteiger partial charge in [0, 0.05) is 28.7 Å². The van der Waals surface area contributed by atoms with E-state index in [1.54, 1.807) is 12.2 Å². The summed E-state index contributed by atoms with van der Waals surface area (Å²) in [4.78, 5) is 0. The minimum absolute atomic E-state index is 0.0951. The first-order valence-electron chi connectivity index (χ1n) is 5.88. The highest BCUT2D eigenvalue weighted by Crippen LogP contribution is 2.38. The quantitative estimate of drug-likeness (QED) is 0.741. The zero-order chi connectivity index (χ0) is 14.0. The van der Waals surface area contributed by atoms with Crippen LogP contribution in [0.3, 0.4) is 0 Å². The van der Waals surface area contributed by atoms with Crippen molar-refractivity contribution in [2.75, 3.05) is 6.54 Å². The molecular weight excluding hydrogens is 294 g/mol. The number of β-amino-alcohol motifs (C(OH)–C–C–N with tert-alkyl or cyclic N) is 1. The van der Waals surface area contributed by atoms with Crippen molar-refractivity contribution in [1.82, 2.24) is 5.32 Å². The molecule has 1 aliphatic carbocycles. The second kappa shape index (κ2) is 5.43. The lowest BCUT2D eigenvalue weighted by Gasteiger charge is -2.33. The van der Waals surface area contributed by atoms with Crippen LogP contribution in [-0.4, -0.2) is 23.3 Å². The number of allylic oxidation sites excluding steroid dienone is 2. The predicted octanol–water partition coefficient (Wildman–Crippen LogP) is 1.77. The van der Waals surface area contributed by atoms with Gasteiger partial charge in [-0.1, -0.05) is 22.0 Å². The molecular formula is C13H20BrN3O. The molecule has 1 aliphatic rings. The van der Waals surface area contributed by atoms with Gasteiger partial charge in [-0.05, 0) is 26.8 Å². The molecule has 1 rings (SSSR count). The van der Waals surface area contributed by atoms with Crippen LogP contribution in [0.15, 0.2) is 22.3 Å². The number of rotatable bonds is 3. The fraction of sp³-hybridized carbons (Fsp3) is 0.615. The van der Waals surface area contributed by atoms with E-state index in [1.807, 2.05) is 20.8 Å². The lowest BCUT2D eigenvalue weighted by molar-refractivity contribution is 0.0853. The van der Waals surface area contributed by atoms with E-state index < -0.39 is 11.5 Å². The van der Waals surface area contributed by atoms with Gasteiger partial charge in [0.05, 0.1) is 12.2 Å². The summed E-state index contributed by atoms with van der Waals surface area (Å²) in [5.74, 6) is 0. The molecule has 0 amide bonds. The van der Waals surface area contributed by atoms with Crippen LogP contribution in [0.25, 0.3) is 0 Å². The Labute approximate surface area is 117 Å². The molecule has 0 aromatic heterocycles. The van der Waals surface area contributed by atoms with Crippen LogP contribution < -0.4 is 11.1 Å². The first-order valence-corrected chi connectivity index (χ1v) is 6.67. The third-order valence-corrected chi connectivity index (χ3v) is 3.69. The van der Waals surface area contributed by atoms with Gasteiger partial charge in [0.15, 0.2) is 0 Å². The van der Waals surface area contributed by atoms with Crippen molar-refractivity contribution in [3.05, 3.63) is 22.3 Å². The minimum atomic E-state index is -0.917. The van der Waals surface area contributed by atoms with Crippen LogP contribution in [0, 0.1) is 16.7 Å². The Bertz CT molecular complexity index is 417. The fourth-order valence-electron chi connectivity index (χ4n) is 1.71. The normalized spacial score (nSPS) is 26.0. The molecule has 5 heteroatoms. The standard InChI is InChI=1S/C13H20BrN3O/c1-12(2,3)17-7-11(18)13(8-15)5-4-10(16)9(14)6-13/h4-5,11,17-18H,6-7,16H2,1-3H3. The summed E-state index contributed by atoms with van der Waals surface area (Å²) in [7, 11) is 0. The highest BCUT2D eigenvalue weighted by Gasteiger charge is 2.38. The molecule has 0 aromatic rings. The SMILES string of the molecule is CC(C)(C)NCC(O)C1(C#N)C=CC(N)=C(Br)C1. The number of nitriles is 1. The van der Waals surface area contributed by atoms with Crippen molar-refractivity contribution in [1.29, 1.82) is 5.26 Å². The number of nitrogens with zero attached hydrogens (tertiary/aromatic N) is 1. The number of hydrogen-bond acceptors (Lipinski definition) is 4. The Kier molecular flexibility index (Phi) is 4.60. The zero-order valence-electron chi connectivity index (χ0n) is 11.0. The van der Waals surface area contributed by atoms with E-state index in [9.17, 15) is 10.4 Å². The number of nitrogens with one attached hydrogen (secondary N) is 1. The Hall–Kier alpha value is -0.830. The summed E-state index contributed by atoms with van der Waals surface area (Å²) in [6.45, 7) is 6.41. The Morgan fingerprint density at radius 3 is 2.72 bits per heavy atom. The first kappa shape index (κ1) is 15.2. The van der Waals surface area contributed by atoms with E-state index in [-0.39, 0.29) is 5.54 Å². The van der Waals surface area contributed by atoms with Crippen molar-refractivity contribution in [3.63, 3.8) is 0 Å². The number of halogens is 1. The predicted molar refractivity (Wildman–Crippen MR) is 75.7 cm³/mol. The summed E-state index contributed by atoms with van der Waals surface area (Å²) in [5.41, 5.74) is 5.33. The van der Waals surface area contributed by atoms with Gasteiger partial charge in [0.1, 0.15) is 5.41 Å². The van der Waals surface area contributed by atoms with E-state index in [4.69, 9.17) is 5.73 Å². The molecule has 0 fully saturated rings. The molecule has 0 bridgehead atoms. The average molecular weight is 314 g/mol. The molecule has 0 radical (unpaired) electrons. The summed E-state index contributed by atoms with van der Waals surface area (Å²) in [5, 5.41) is 22.8. The maximum absolute atomic E-state index is 10.3. The summed E-state index contributed by atoms with van der Waals surface area (Å²) in [6.07, 6.45) is 3.00. The molecule has 0 spiro atoms. The third kappa shape index (κ3) is 3.58. The lowest BCUT2D eigenvalue weighted by Crippen LogP contribution is -2.47. The molecule has 0 saturated carbocycles. The number of nitrogens with two attached hydrogens (primary N) is 1. The molecule has 0 aliphatic heterocycles. The Morgan fingerprint density at radius 2 is 2.28 bits per heavy atom. The summed E-state index contributed by atoms with van der Waals surface area (Å²) >= 11 is 3.35. The maximum Gasteiger partial charge on any atom is 0.107 e. The second-order valence-electron chi connectivity index (χ2n) is 5.67. The van der Waals surface area contributed by atoms with E-state index in [0.29, 0.717) is 18.7 Å². The minimum Gasteiger partial charge on any atom is -0.398 e. The average Bonchev–Trinajstić information content (AvgIpc) is 2.29. The molecule has 100 valence electrons. The molecule has 0 saturated heterocycles. The van der Waals surface area contributed by atoms with Crippen LogP contribution in [0.4, 0.5) is 0 Å². The van der Waals surface area contributed by atoms with Crippen LogP contribution in [-0.2, 0) is 0 Å². The smallest absolute Gasteiger partial charge is 0.107 e. The van der Waals surface area contributed by atoms with E-state index >= 15 is 0 Å². The zero-order valence-corrected chi connectivity index (χ0v) is 12.6. The van der Waals surface area contributed by atoms with Gasteiger partial charge >= 0.3 is 0 Å². The van der Waals surface area contributed by atoms with Crippen molar-refractivity contribution < 1.29 is 5.11 Å². The van der Waals surface area contributed by atoms with E-state index in [1.165, 1.54) is 0 Å². The van der Waals surface area contributed by atoms with Gasteiger partial charge < -0.3 is 16.2 Å². The van der Waals surface area contributed by atoms with Crippen LogP contribution >= 0.6 is 15.9 Å². The van der Waals surface area contributed by atoms with Crippen molar-refractivity contribution >= 4 is 15.9 Å². The number of aliphatic hydroxyl groups excluding tert-OH is 1. The molecule has 0 aromatic carbocycles. The topological polar surface area (TPSA) is 82.1 Å². The largest absolute Gasteiger partial charge is 0.398 e. The van der Waals surface area contributed by atoms with Gasteiger partial charge in [-0.3, -0.25) is 0 Å². The van der Waals surface area contributed by atoms with Crippen molar-refractivity contribution in [2.45, 2.75) is 38.8 Å². The molecule has 0 heterocycles. The van der Waals surface area contributed by atoms with E-state index in [0.717, 1.165) is 4.48 Å². The van der Waals surface area contributed by atoms with Gasteiger partial charge in [-0.25, -0.2) is 0 Å². The van der Waals surface area contributed by atoms with Crippen molar-refractivity contribution in [2.24, 2.45) is 11.1 Å². The van der Waals surface area contributed by atoms with Crippen molar-refractivity contribution in [3.8, 4) is 6.07 Å². The highest BCUT2D eigenvalue weighted by molar-refractivity contribution is 9.11. The summed E-state index contributed by atoms with van der Waals surface area (Å²) < 4.78 is 0.765. The van der Waals surface area contributed by atoms with Gasteiger partial charge in [0.25, 0.3) is 0 Å². The Morgan fingerprint density at radius 1 is 1.67 bits per heavy atom. The van der Waals surface area contributed by atoms with Crippen LogP contribution in [0.5, 0.6) is 0 Å². The monoisotopic (exact) mass is 313 g/mol. The van der Waals surface area contributed by atoms with Crippen LogP contribution in [0.2, 0.25) is 0 Å². The molecule has 4 nitrogen and oxygen atoms in total. The molecule has 18 heavy (non-hydrogen) atoms. The molecule has 2 atom stereocenters. The first-order chi connectivity index (χ1) is 8.20. The van der Waals surface area contributed by atoms with E-state index in [2.05, 4.69) is 27.3 Å². The highest BCUT2D eigenvalue weighted by atomic mass is 79.9. The Balaban J connectivity index is 2.80.